The summed E-state index contributed by atoms with van der Waals surface area (Å²) in [6.07, 6.45) is 1.60. The van der Waals surface area contributed by atoms with Crippen molar-refractivity contribution in [1.82, 2.24) is 9.29 Å². The number of carbonyl (C=O) groups excluding carboxylic acids is 1. The fourth-order valence-electron chi connectivity index (χ4n) is 3.37. The number of nitrogens with zero attached hydrogens (tertiary/aromatic N) is 2. The number of benzene rings is 1. The van der Waals surface area contributed by atoms with Gasteiger partial charge in [-0.25, -0.2) is 13.4 Å². The van der Waals surface area contributed by atoms with Crippen molar-refractivity contribution in [1.29, 1.82) is 0 Å². The smallest absolute Gasteiger partial charge is 0.252 e. The van der Waals surface area contributed by atoms with Gasteiger partial charge in [0.05, 0.1) is 24.2 Å². The van der Waals surface area contributed by atoms with Gasteiger partial charge in [0.15, 0.2) is 0 Å². The zero-order valence-corrected chi connectivity index (χ0v) is 17.3. The fourth-order valence-corrected chi connectivity index (χ4v) is 4.95. The van der Waals surface area contributed by atoms with Gasteiger partial charge in [-0.05, 0) is 44.0 Å². The van der Waals surface area contributed by atoms with Crippen LogP contribution in [0.5, 0.6) is 11.6 Å². The van der Waals surface area contributed by atoms with E-state index in [4.69, 9.17) is 15.2 Å². The molecule has 1 aromatic heterocycles. The molecule has 9 heteroatoms. The minimum absolute atomic E-state index is 0.0222. The molecule has 8 nitrogen and oxygen atoms in total. The van der Waals surface area contributed by atoms with Crippen molar-refractivity contribution in [3.8, 4) is 11.6 Å². The van der Waals surface area contributed by atoms with Crippen LogP contribution in [0.2, 0.25) is 0 Å². The summed E-state index contributed by atoms with van der Waals surface area (Å²) in [4.78, 5) is 16.0. The van der Waals surface area contributed by atoms with E-state index >= 15 is 0 Å². The second kappa shape index (κ2) is 8.79. The Labute approximate surface area is 170 Å². The third kappa shape index (κ3) is 4.86. The number of methoxy groups -OCH3 is 1. The van der Waals surface area contributed by atoms with Gasteiger partial charge in [0.2, 0.25) is 15.9 Å². The Bertz CT molecular complexity index is 993. The minimum Gasteiger partial charge on any atom is -0.496 e. The van der Waals surface area contributed by atoms with E-state index in [-0.39, 0.29) is 22.1 Å². The number of ether oxygens (including phenoxy) is 2. The number of hydrogen-bond donors (Lipinski definition) is 1. The van der Waals surface area contributed by atoms with Crippen LogP contribution in [0.1, 0.15) is 28.9 Å². The Morgan fingerprint density at radius 1 is 1.31 bits per heavy atom. The number of piperidine rings is 1. The van der Waals surface area contributed by atoms with Gasteiger partial charge in [0, 0.05) is 30.8 Å². The van der Waals surface area contributed by atoms with Crippen LogP contribution in [0.3, 0.4) is 0 Å². The fraction of sp³-hybridized carbons (Fsp3) is 0.400. The molecule has 2 aromatic rings. The van der Waals surface area contributed by atoms with Gasteiger partial charge in [-0.3, -0.25) is 4.79 Å². The Kier molecular flexibility index (Phi) is 6.39. The SMILES string of the molecule is COc1ccc(S(=O)(=O)N2CCCC(COc3cccc(C)n3)C2)cc1C(N)=O. The van der Waals surface area contributed by atoms with Crippen molar-refractivity contribution in [2.75, 3.05) is 26.8 Å². The summed E-state index contributed by atoms with van der Waals surface area (Å²) in [7, 11) is -2.37. The molecule has 1 amide bonds. The van der Waals surface area contributed by atoms with E-state index in [9.17, 15) is 13.2 Å². The topological polar surface area (TPSA) is 112 Å². The molecular weight excluding hydrogens is 394 g/mol. The highest BCUT2D eigenvalue weighted by Gasteiger charge is 2.31. The minimum atomic E-state index is -3.77. The molecule has 1 aromatic carbocycles. The van der Waals surface area contributed by atoms with Crippen molar-refractivity contribution in [2.24, 2.45) is 11.7 Å². The molecule has 0 saturated carbocycles. The van der Waals surface area contributed by atoms with Gasteiger partial charge in [0.1, 0.15) is 5.75 Å². The van der Waals surface area contributed by atoms with E-state index in [0.29, 0.717) is 25.6 Å². The third-order valence-corrected chi connectivity index (χ3v) is 6.75. The van der Waals surface area contributed by atoms with Crippen molar-refractivity contribution in [3.63, 3.8) is 0 Å². The molecule has 1 unspecified atom stereocenters. The number of primary amides is 1. The van der Waals surface area contributed by atoms with E-state index in [0.717, 1.165) is 18.5 Å². The van der Waals surface area contributed by atoms with Crippen LogP contribution in [-0.4, -0.2) is 50.4 Å². The van der Waals surface area contributed by atoms with E-state index < -0.39 is 15.9 Å². The van der Waals surface area contributed by atoms with E-state index in [2.05, 4.69) is 4.98 Å². The summed E-state index contributed by atoms with van der Waals surface area (Å²) < 4.78 is 38.5. The lowest BCUT2D eigenvalue weighted by Gasteiger charge is -2.31. The van der Waals surface area contributed by atoms with Gasteiger partial charge in [-0.2, -0.15) is 4.31 Å². The number of pyridine rings is 1. The highest BCUT2D eigenvalue weighted by atomic mass is 32.2. The maximum Gasteiger partial charge on any atom is 0.252 e. The Morgan fingerprint density at radius 3 is 2.79 bits per heavy atom. The molecule has 1 aliphatic rings. The molecule has 0 radical (unpaired) electrons. The number of hydrogen-bond acceptors (Lipinski definition) is 6. The monoisotopic (exact) mass is 419 g/mol. The molecule has 0 bridgehead atoms. The third-order valence-electron chi connectivity index (χ3n) is 4.89. The molecule has 1 atom stereocenters. The van der Waals surface area contributed by atoms with Gasteiger partial charge < -0.3 is 15.2 Å². The van der Waals surface area contributed by atoms with Crippen LogP contribution >= 0.6 is 0 Å². The average molecular weight is 420 g/mol. The Hall–Kier alpha value is -2.65. The van der Waals surface area contributed by atoms with E-state index in [1.807, 2.05) is 19.1 Å². The molecule has 1 saturated heterocycles. The van der Waals surface area contributed by atoms with Gasteiger partial charge in [0.25, 0.3) is 5.91 Å². The summed E-state index contributed by atoms with van der Waals surface area (Å²) in [6, 6.07) is 9.69. The maximum atomic E-state index is 13.1. The average Bonchev–Trinajstić information content (AvgIpc) is 2.72. The summed E-state index contributed by atoms with van der Waals surface area (Å²) in [5, 5.41) is 0. The number of aryl methyl sites for hydroxylation is 1. The zero-order chi connectivity index (χ0) is 21.0. The van der Waals surface area contributed by atoms with Gasteiger partial charge in [-0.15, -0.1) is 0 Å². The lowest BCUT2D eigenvalue weighted by atomic mass is 10.0. The number of rotatable bonds is 7. The summed E-state index contributed by atoms with van der Waals surface area (Å²) in [5.74, 6) is 0.0856. The first-order valence-electron chi connectivity index (χ1n) is 9.35. The quantitative estimate of drug-likeness (QED) is 0.734. The van der Waals surface area contributed by atoms with Crippen molar-refractivity contribution < 1.29 is 22.7 Å². The van der Waals surface area contributed by atoms with E-state index in [1.165, 1.54) is 29.6 Å². The number of nitrogens with two attached hydrogens (primary N) is 1. The highest BCUT2D eigenvalue weighted by molar-refractivity contribution is 7.89. The van der Waals surface area contributed by atoms with Crippen molar-refractivity contribution >= 4 is 15.9 Å². The van der Waals surface area contributed by atoms with Crippen LogP contribution in [0.4, 0.5) is 0 Å². The molecule has 0 aliphatic carbocycles. The van der Waals surface area contributed by atoms with Crippen LogP contribution in [0.15, 0.2) is 41.3 Å². The Morgan fingerprint density at radius 2 is 2.10 bits per heavy atom. The van der Waals surface area contributed by atoms with Gasteiger partial charge in [-0.1, -0.05) is 6.07 Å². The molecule has 2 heterocycles. The molecular formula is C20H25N3O5S. The first kappa shape index (κ1) is 21.1. The van der Waals surface area contributed by atoms with Crippen LogP contribution < -0.4 is 15.2 Å². The molecule has 3 rings (SSSR count). The van der Waals surface area contributed by atoms with Crippen LogP contribution in [-0.2, 0) is 10.0 Å². The highest BCUT2D eigenvalue weighted by Crippen LogP contribution is 2.27. The molecule has 0 spiro atoms. The predicted molar refractivity (Wildman–Crippen MR) is 107 cm³/mol. The van der Waals surface area contributed by atoms with Gasteiger partial charge >= 0.3 is 0 Å². The number of amides is 1. The van der Waals surface area contributed by atoms with Crippen molar-refractivity contribution in [2.45, 2.75) is 24.7 Å². The van der Waals surface area contributed by atoms with E-state index in [1.54, 1.807) is 6.07 Å². The molecule has 2 N–H and O–H groups in total. The first-order valence-corrected chi connectivity index (χ1v) is 10.8. The largest absolute Gasteiger partial charge is 0.496 e. The summed E-state index contributed by atoms with van der Waals surface area (Å²) >= 11 is 0. The standard InChI is InChI=1S/C20H25N3O5S/c1-14-5-3-7-19(22-14)28-13-15-6-4-10-23(12-15)29(25,26)16-8-9-18(27-2)17(11-16)20(21)24/h3,5,7-9,11,15H,4,6,10,12-13H2,1-2H3,(H2,21,24). The molecule has 29 heavy (non-hydrogen) atoms. The normalized spacial score (nSPS) is 17.7. The van der Waals surface area contributed by atoms with Crippen molar-refractivity contribution in [3.05, 3.63) is 47.7 Å². The predicted octanol–water partition coefficient (Wildman–Crippen LogP) is 1.98. The lowest BCUT2D eigenvalue weighted by molar-refractivity contribution is 0.0997. The van der Waals surface area contributed by atoms with Crippen LogP contribution in [0.25, 0.3) is 0 Å². The van der Waals surface area contributed by atoms with Crippen LogP contribution in [0, 0.1) is 12.8 Å². The summed E-state index contributed by atoms with van der Waals surface area (Å²) in [5.41, 5.74) is 6.26. The number of aromatic nitrogens is 1. The number of sulfonamides is 1. The molecule has 1 fully saturated rings. The number of carbonyl (C=O) groups is 1. The summed E-state index contributed by atoms with van der Waals surface area (Å²) in [6.45, 7) is 3.03. The molecule has 1 aliphatic heterocycles. The Balaban J connectivity index is 1.73. The second-order valence-electron chi connectivity index (χ2n) is 7.03. The second-order valence-corrected chi connectivity index (χ2v) is 8.96. The first-order chi connectivity index (χ1) is 13.8. The molecule has 156 valence electrons. The maximum absolute atomic E-state index is 13.1. The zero-order valence-electron chi connectivity index (χ0n) is 16.5. The lowest BCUT2D eigenvalue weighted by Crippen LogP contribution is -2.41.